The third-order valence-corrected chi connectivity index (χ3v) is 6.71. The minimum Gasteiger partial charge on any atom is -0.495 e. The summed E-state index contributed by atoms with van der Waals surface area (Å²) in [6.07, 6.45) is 3.98. The Bertz CT molecular complexity index is 1100. The molecule has 0 saturated carbocycles. The molecule has 0 amide bonds. The number of aryl methyl sites for hydroxylation is 1. The zero-order valence-electron chi connectivity index (χ0n) is 19.3. The molecule has 2 aromatic carbocycles. The predicted molar refractivity (Wildman–Crippen MR) is 138 cm³/mol. The molecule has 0 bridgehead atoms. The number of nitrogens with zero attached hydrogens (tertiary/aromatic N) is 2. The maximum absolute atomic E-state index is 8.85. The monoisotopic (exact) mass is 536 g/mol. The molecule has 1 aromatic heterocycles. The molecule has 0 saturated heterocycles. The van der Waals surface area contributed by atoms with Gasteiger partial charge in [0.1, 0.15) is 21.0 Å². The van der Waals surface area contributed by atoms with E-state index in [0.29, 0.717) is 24.7 Å². The van der Waals surface area contributed by atoms with Crippen LogP contribution < -0.4 is 14.4 Å². The fraction of sp³-hybridized carbons (Fsp3) is 0.375. The van der Waals surface area contributed by atoms with E-state index in [1.165, 1.54) is 0 Å². The summed E-state index contributed by atoms with van der Waals surface area (Å²) in [6.45, 7) is 3.97. The fourth-order valence-electron chi connectivity index (χ4n) is 3.34. The summed E-state index contributed by atoms with van der Waals surface area (Å²) in [5, 5.41) is 9.76. The first-order valence-corrected chi connectivity index (χ1v) is 12.1. The average molecular weight is 537 g/mol. The van der Waals surface area contributed by atoms with E-state index in [1.807, 2.05) is 31.3 Å². The van der Waals surface area contributed by atoms with Crippen molar-refractivity contribution in [3.8, 4) is 11.5 Å². The second-order valence-corrected chi connectivity index (χ2v) is 9.16. The van der Waals surface area contributed by atoms with Crippen LogP contribution in [-0.4, -0.2) is 64.5 Å². The number of hydrogen-bond donors (Lipinski definition) is 1. The van der Waals surface area contributed by atoms with Crippen LogP contribution in [0.2, 0.25) is 0 Å². The topological polar surface area (TPSA) is 73.3 Å². The number of aliphatic hydroxyl groups is 1. The number of likely N-dealkylation sites (N-methyl/N-ethyl adjacent to an activating group) is 1. The van der Waals surface area contributed by atoms with Gasteiger partial charge in [-0.3, -0.25) is 0 Å². The van der Waals surface area contributed by atoms with E-state index in [0.717, 1.165) is 43.1 Å². The van der Waals surface area contributed by atoms with Crippen LogP contribution in [0.15, 0.2) is 28.7 Å². The van der Waals surface area contributed by atoms with Crippen molar-refractivity contribution >= 4 is 55.3 Å². The van der Waals surface area contributed by atoms with Crippen LogP contribution in [0.25, 0.3) is 22.4 Å². The molecule has 3 rings (SSSR count). The fourth-order valence-corrected chi connectivity index (χ4v) is 4.87. The van der Waals surface area contributed by atoms with Crippen LogP contribution in [0.3, 0.4) is 0 Å². The summed E-state index contributed by atoms with van der Waals surface area (Å²) in [7, 11) is 5.25. The number of fused-ring (bicyclic) bond motifs is 1. The number of aliphatic hydroxyl groups excluding tert-OH is 1. The SMILES string of the molecule is COCOc1ccc(/C=C/c2nc3cc(C)c(N(C)CCOCCO)cc3s2)c(OC)c1Br. The van der Waals surface area contributed by atoms with Gasteiger partial charge in [0.05, 0.1) is 37.1 Å². The van der Waals surface area contributed by atoms with Crippen LogP contribution in [0.1, 0.15) is 16.1 Å². The standard InChI is InChI=1S/C24H29BrN2O5S/c1-16-13-18-21(14-19(16)27(2)9-11-31-12-10-28)33-22(26-18)8-6-17-5-7-20(32-15-29-3)23(25)24(17)30-4/h5-8,13-14,28H,9-12,15H2,1-4H3/b8-6+. The van der Waals surface area contributed by atoms with E-state index < -0.39 is 0 Å². The molecule has 9 heteroatoms. The van der Waals surface area contributed by atoms with Crippen molar-refractivity contribution in [2.45, 2.75) is 6.92 Å². The second-order valence-electron chi connectivity index (χ2n) is 7.30. The van der Waals surface area contributed by atoms with Gasteiger partial charge in [0, 0.05) is 32.0 Å². The van der Waals surface area contributed by atoms with Gasteiger partial charge in [0.15, 0.2) is 6.79 Å². The summed E-state index contributed by atoms with van der Waals surface area (Å²) in [4.78, 5) is 6.94. The van der Waals surface area contributed by atoms with Crippen molar-refractivity contribution in [2.24, 2.45) is 0 Å². The van der Waals surface area contributed by atoms with Crippen LogP contribution >= 0.6 is 27.3 Å². The first kappa shape index (κ1) is 25.5. The number of benzene rings is 2. The number of thiazole rings is 1. The summed E-state index contributed by atoms with van der Waals surface area (Å²) >= 11 is 5.19. The molecular formula is C24H29BrN2O5S. The molecule has 0 atom stereocenters. The lowest BCUT2D eigenvalue weighted by Crippen LogP contribution is -2.23. The number of aromatic nitrogens is 1. The highest BCUT2D eigenvalue weighted by atomic mass is 79.9. The zero-order valence-corrected chi connectivity index (χ0v) is 21.7. The van der Waals surface area contributed by atoms with Crippen LogP contribution in [0.4, 0.5) is 5.69 Å². The van der Waals surface area contributed by atoms with Gasteiger partial charge in [-0.15, -0.1) is 11.3 Å². The lowest BCUT2D eigenvalue weighted by molar-refractivity contribution is 0.0504. The number of halogens is 1. The Morgan fingerprint density at radius 1 is 1.18 bits per heavy atom. The van der Waals surface area contributed by atoms with Crippen LogP contribution in [0.5, 0.6) is 11.5 Å². The Balaban J connectivity index is 1.80. The molecule has 1 heterocycles. The maximum Gasteiger partial charge on any atom is 0.188 e. The second kappa shape index (κ2) is 12.3. The summed E-state index contributed by atoms with van der Waals surface area (Å²) in [5.41, 5.74) is 4.19. The Morgan fingerprint density at radius 3 is 2.73 bits per heavy atom. The lowest BCUT2D eigenvalue weighted by Gasteiger charge is -2.21. The zero-order chi connectivity index (χ0) is 23.8. The molecule has 0 radical (unpaired) electrons. The number of rotatable bonds is 12. The Morgan fingerprint density at radius 2 is 2.00 bits per heavy atom. The van der Waals surface area contributed by atoms with E-state index in [9.17, 15) is 0 Å². The highest BCUT2D eigenvalue weighted by Gasteiger charge is 2.13. The van der Waals surface area contributed by atoms with Gasteiger partial charge < -0.3 is 29.0 Å². The van der Waals surface area contributed by atoms with E-state index in [2.05, 4.69) is 39.9 Å². The molecule has 0 aliphatic rings. The van der Waals surface area contributed by atoms with E-state index >= 15 is 0 Å². The third-order valence-electron chi connectivity index (χ3n) is 4.97. The molecule has 3 aromatic rings. The van der Waals surface area contributed by atoms with Crippen LogP contribution in [0, 0.1) is 6.92 Å². The largest absolute Gasteiger partial charge is 0.495 e. The molecule has 0 unspecified atom stereocenters. The van der Waals surface area contributed by atoms with Crippen molar-refractivity contribution < 1.29 is 24.1 Å². The molecule has 178 valence electrons. The Labute approximate surface area is 206 Å². The van der Waals surface area contributed by atoms with Crippen LogP contribution in [-0.2, 0) is 9.47 Å². The smallest absolute Gasteiger partial charge is 0.188 e. The van der Waals surface area contributed by atoms with Gasteiger partial charge in [-0.2, -0.15) is 0 Å². The first-order valence-electron chi connectivity index (χ1n) is 10.5. The number of anilines is 1. The average Bonchev–Trinajstić information content (AvgIpc) is 3.20. The van der Waals surface area contributed by atoms with E-state index in [1.54, 1.807) is 25.6 Å². The molecule has 7 nitrogen and oxygen atoms in total. The normalized spacial score (nSPS) is 11.5. The lowest BCUT2D eigenvalue weighted by atomic mass is 10.1. The van der Waals surface area contributed by atoms with E-state index in [4.69, 9.17) is 29.0 Å². The van der Waals surface area contributed by atoms with Crippen molar-refractivity contribution in [1.29, 1.82) is 0 Å². The molecule has 0 spiro atoms. The molecule has 0 fully saturated rings. The van der Waals surface area contributed by atoms with Gasteiger partial charge in [-0.1, -0.05) is 0 Å². The molecule has 1 N–H and O–H groups in total. The number of hydrogen-bond acceptors (Lipinski definition) is 8. The Kier molecular flexibility index (Phi) is 9.52. The summed E-state index contributed by atoms with van der Waals surface area (Å²) in [5.74, 6) is 1.34. The Hall–Kier alpha value is -2.17. The minimum absolute atomic E-state index is 0.0421. The van der Waals surface area contributed by atoms with Gasteiger partial charge in [0.25, 0.3) is 0 Å². The van der Waals surface area contributed by atoms with Crippen molar-refractivity contribution in [2.75, 3.05) is 59.3 Å². The molecular weight excluding hydrogens is 508 g/mol. The summed E-state index contributed by atoms with van der Waals surface area (Å²) < 4.78 is 23.4. The summed E-state index contributed by atoms with van der Waals surface area (Å²) in [6, 6.07) is 8.10. The predicted octanol–water partition coefficient (Wildman–Crippen LogP) is 4.97. The van der Waals surface area contributed by atoms with Gasteiger partial charge in [-0.25, -0.2) is 4.98 Å². The number of ether oxygens (including phenoxy) is 4. The molecule has 33 heavy (non-hydrogen) atoms. The van der Waals surface area contributed by atoms with Crippen molar-refractivity contribution in [3.05, 3.63) is 44.9 Å². The molecule has 0 aliphatic carbocycles. The molecule has 0 aliphatic heterocycles. The van der Waals surface area contributed by atoms with Gasteiger partial charge in [0.2, 0.25) is 0 Å². The van der Waals surface area contributed by atoms with Gasteiger partial charge >= 0.3 is 0 Å². The quantitative estimate of drug-likeness (QED) is 0.258. The van der Waals surface area contributed by atoms with Crippen molar-refractivity contribution in [3.63, 3.8) is 0 Å². The highest BCUT2D eigenvalue weighted by Crippen LogP contribution is 2.38. The van der Waals surface area contributed by atoms with Gasteiger partial charge in [-0.05, 0) is 64.8 Å². The first-order chi connectivity index (χ1) is 16.0. The highest BCUT2D eigenvalue weighted by molar-refractivity contribution is 9.10. The minimum atomic E-state index is 0.0421. The van der Waals surface area contributed by atoms with Crippen molar-refractivity contribution in [1.82, 2.24) is 4.98 Å². The maximum atomic E-state index is 8.85. The third kappa shape index (κ3) is 6.45. The number of methoxy groups -OCH3 is 2. The van der Waals surface area contributed by atoms with E-state index in [-0.39, 0.29) is 13.4 Å².